The third-order valence-corrected chi connectivity index (χ3v) is 3.36. The number of hydrogen-bond acceptors (Lipinski definition) is 1. The summed E-state index contributed by atoms with van der Waals surface area (Å²) in [5, 5.41) is 10.2. The molecule has 0 amide bonds. The zero-order valence-electron chi connectivity index (χ0n) is 9.34. The second-order valence-electron chi connectivity index (χ2n) is 3.96. The lowest BCUT2D eigenvalue weighted by Crippen LogP contribution is -2.05. The number of nitrogens with zero attached hydrogens (tertiary/aromatic N) is 1. The number of aryl methyl sites for hydroxylation is 3. The van der Waals surface area contributed by atoms with Crippen LogP contribution in [0.1, 0.15) is 21.6 Å². The van der Waals surface area contributed by atoms with Crippen molar-refractivity contribution in [3.05, 3.63) is 33.4 Å². The molecule has 84 valence electrons. The molecule has 0 aliphatic heterocycles. The Hall–Kier alpha value is -1.29. The highest BCUT2D eigenvalue weighted by molar-refractivity contribution is 9.10. The first-order valence-electron chi connectivity index (χ1n) is 4.92. The van der Waals surface area contributed by atoms with Gasteiger partial charge in [-0.25, -0.2) is 4.79 Å². The van der Waals surface area contributed by atoms with Gasteiger partial charge in [0.05, 0.1) is 5.52 Å². The van der Waals surface area contributed by atoms with Crippen LogP contribution in [0.3, 0.4) is 0 Å². The monoisotopic (exact) mass is 281 g/mol. The summed E-state index contributed by atoms with van der Waals surface area (Å²) in [4.78, 5) is 11.2. The quantitative estimate of drug-likeness (QED) is 0.872. The second kappa shape index (κ2) is 3.63. The average molecular weight is 282 g/mol. The molecule has 4 heteroatoms. The van der Waals surface area contributed by atoms with Gasteiger partial charge in [0.1, 0.15) is 5.69 Å². The van der Waals surface area contributed by atoms with E-state index in [1.165, 1.54) is 0 Å². The third-order valence-electron chi connectivity index (χ3n) is 2.90. The highest BCUT2D eigenvalue weighted by Crippen LogP contribution is 2.30. The maximum absolute atomic E-state index is 11.2. The van der Waals surface area contributed by atoms with E-state index in [-0.39, 0.29) is 0 Å². The van der Waals surface area contributed by atoms with Crippen LogP contribution < -0.4 is 0 Å². The molecule has 1 N–H and O–H groups in total. The Labute approximate surface area is 102 Å². The molecule has 0 bridgehead atoms. The van der Waals surface area contributed by atoms with Crippen LogP contribution in [0.4, 0.5) is 0 Å². The summed E-state index contributed by atoms with van der Waals surface area (Å²) in [6.45, 7) is 3.83. The largest absolute Gasteiger partial charge is 0.477 e. The molecule has 0 saturated carbocycles. The molecular formula is C12H12BrNO2. The van der Waals surface area contributed by atoms with Crippen molar-refractivity contribution in [2.24, 2.45) is 7.05 Å². The van der Waals surface area contributed by atoms with Crippen LogP contribution in [0.2, 0.25) is 0 Å². The van der Waals surface area contributed by atoms with Gasteiger partial charge < -0.3 is 9.67 Å². The molecule has 0 radical (unpaired) electrons. The number of benzene rings is 1. The Balaban J connectivity index is 2.99. The predicted molar refractivity (Wildman–Crippen MR) is 67.1 cm³/mol. The maximum atomic E-state index is 11.2. The number of hydrogen-bond donors (Lipinski definition) is 1. The number of halogens is 1. The molecule has 0 unspecified atom stereocenters. The lowest BCUT2D eigenvalue weighted by atomic mass is 10.1. The topological polar surface area (TPSA) is 42.2 Å². The van der Waals surface area contributed by atoms with Gasteiger partial charge >= 0.3 is 5.97 Å². The van der Waals surface area contributed by atoms with E-state index in [1.807, 2.05) is 26.0 Å². The summed E-state index contributed by atoms with van der Waals surface area (Å²) in [6, 6.07) is 3.96. The molecule has 2 aromatic rings. The Morgan fingerprint density at radius 2 is 2.00 bits per heavy atom. The molecule has 0 fully saturated rings. The minimum atomic E-state index is -0.883. The minimum absolute atomic E-state index is 0.358. The molecule has 0 aliphatic rings. The molecule has 0 spiro atoms. The first kappa shape index (κ1) is 11.2. The number of rotatable bonds is 1. The van der Waals surface area contributed by atoms with E-state index >= 15 is 0 Å². The van der Waals surface area contributed by atoms with Crippen LogP contribution >= 0.6 is 15.9 Å². The summed E-state index contributed by atoms with van der Waals surface area (Å²) in [5.74, 6) is -0.883. The zero-order chi connectivity index (χ0) is 12.0. The Kier molecular flexibility index (Phi) is 2.54. The molecule has 16 heavy (non-hydrogen) atoms. The standard InChI is InChI=1S/C12H12BrNO2/c1-6-4-8(13)5-9-7(2)11(12(15)16)14(3)10(6)9/h4-5H,1-3H3,(H,15,16). The molecule has 0 aliphatic carbocycles. The van der Waals surface area contributed by atoms with E-state index in [1.54, 1.807) is 11.6 Å². The normalized spacial score (nSPS) is 11.0. The van der Waals surface area contributed by atoms with Crippen molar-refractivity contribution >= 4 is 32.8 Å². The molecular weight excluding hydrogens is 270 g/mol. The van der Waals surface area contributed by atoms with Crippen molar-refractivity contribution in [1.82, 2.24) is 4.57 Å². The minimum Gasteiger partial charge on any atom is -0.477 e. The third kappa shape index (κ3) is 1.45. The van der Waals surface area contributed by atoms with Crippen molar-refractivity contribution in [2.45, 2.75) is 13.8 Å². The van der Waals surface area contributed by atoms with Gasteiger partial charge in [0, 0.05) is 16.9 Å². The number of fused-ring (bicyclic) bond motifs is 1. The number of aromatic nitrogens is 1. The van der Waals surface area contributed by atoms with Gasteiger partial charge in [0.15, 0.2) is 0 Å². The molecule has 1 aromatic carbocycles. The Bertz CT molecular complexity index is 599. The smallest absolute Gasteiger partial charge is 0.352 e. The van der Waals surface area contributed by atoms with Crippen LogP contribution in [0, 0.1) is 13.8 Å². The Morgan fingerprint density at radius 1 is 1.38 bits per heavy atom. The van der Waals surface area contributed by atoms with E-state index in [4.69, 9.17) is 0 Å². The molecule has 1 aromatic heterocycles. The molecule has 0 saturated heterocycles. The first-order chi connectivity index (χ1) is 7.43. The van der Waals surface area contributed by atoms with Gasteiger partial charge in [-0.3, -0.25) is 0 Å². The van der Waals surface area contributed by atoms with Gasteiger partial charge in [0.2, 0.25) is 0 Å². The summed E-state index contributed by atoms with van der Waals surface area (Å²) >= 11 is 3.43. The SMILES string of the molecule is Cc1c(C(=O)O)n(C)c2c(C)cc(Br)cc12. The lowest BCUT2D eigenvalue weighted by molar-refractivity contribution is 0.0686. The van der Waals surface area contributed by atoms with E-state index in [9.17, 15) is 9.90 Å². The average Bonchev–Trinajstić information content (AvgIpc) is 2.38. The fourth-order valence-electron chi connectivity index (χ4n) is 2.26. The first-order valence-corrected chi connectivity index (χ1v) is 5.71. The summed E-state index contributed by atoms with van der Waals surface area (Å²) in [6.07, 6.45) is 0. The van der Waals surface area contributed by atoms with Crippen molar-refractivity contribution in [1.29, 1.82) is 0 Å². The van der Waals surface area contributed by atoms with Crippen LogP contribution in [0.25, 0.3) is 10.9 Å². The lowest BCUT2D eigenvalue weighted by Gasteiger charge is -2.03. The van der Waals surface area contributed by atoms with Crippen LogP contribution in [-0.4, -0.2) is 15.6 Å². The summed E-state index contributed by atoms with van der Waals surface area (Å²) < 4.78 is 2.72. The zero-order valence-corrected chi connectivity index (χ0v) is 10.9. The van der Waals surface area contributed by atoms with Gasteiger partial charge in [-0.05, 0) is 37.1 Å². The number of carboxylic acid groups (broad SMARTS) is 1. The molecule has 3 nitrogen and oxygen atoms in total. The van der Waals surface area contributed by atoms with Crippen molar-refractivity contribution < 1.29 is 9.90 Å². The highest BCUT2D eigenvalue weighted by atomic mass is 79.9. The number of aromatic carboxylic acids is 1. The van der Waals surface area contributed by atoms with E-state index in [0.717, 1.165) is 26.5 Å². The summed E-state index contributed by atoms with van der Waals surface area (Å²) in [7, 11) is 1.79. The van der Waals surface area contributed by atoms with E-state index in [0.29, 0.717) is 5.69 Å². The van der Waals surface area contributed by atoms with Crippen LogP contribution in [0.5, 0.6) is 0 Å². The van der Waals surface area contributed by atoms with Crippen molar-refractivity contribution in [2.75, 3.05) is 0 Å². The molecule has 2 rings (SSSR count). The highest BCUT2D eigenvalue weighted by Gasteiger charge is 2.18. The number of carbonyl (C=O) groups is 1. The van der Waals surface area contributed by atoms with Crippen LogP contribution in [-0.2, 0) is 7.05 Å². The number of carboxylic acids is 1. The molecule has 0 atom stereocenters. The fourth-order valence-corrected chi connectivity index (χ4v) is 2.83. The predicted octanol–water partition coefficient (Wildman–Crippen LogP) is 3.26. The van der Waals surface area contributed by atoms with Crippen molar-refractivity contribution in [3.8, 4) is 0 Å². The summed E-state index contributed by atoms with van der Waals surface area (Å²) in [5.41, 5.74) is 3.23. The van der Waals surface area contributed by atoms with Crippen molar-refractivity contribution in [3.63, 3.8) is 0 Å². The van der Waals surface area contributed by atoms with E-state index in [2.05, 4.69) is 15.9 Å². The van der Waals surface area contributed by atoms with Gasteiger partial charge in [-0.15, -0.1) is 0 Å². The van der Waals surface area contributed by atoms with Gasteiger partial charge in [-0.1, -0.05) is 15.9 Å². The van der Waals surface area contributed by atoms with Crippen LogP contribution in [0.15, 0.2) is 16.6 Å². The molecule has 1 heterocycles. The second-order valence-corrected chi connectivity index (χ2v) is 4.87. The van der Waals surface area contributed by atoms with E-state index < -0.39 is 5.97 Å². The fraction of sp³-hybridized carbons (Fsp3) is 0.250. The van der Waals surface area contributed by atoms with Gasteiger partial charge in [-0.2, -0.15) is 0 Å². The maximum Gasteiger partial charge on any atom is 0.352 e. The Morgan fingerprint density at radius 3 is 2.56 bits per heavy atom. The van der Waals surface area contributed by atoms with Gasteiger partial charge in [0.25, 0.3) is 0 Å².